The van der Waals surface area contributed by atoms with Crippen LogP contribution in [0.25, 0.3) is 0 Å². The van der Waals surface area contributed by atoms with Gasteiger partial charge in [0.15, 0.2) is 11.5 Å². The number of aromatic hydroxyl groups is 1. The Morgan fingerprint density at radius 1 is 1.47 bits per heavy atom. The third kappa shape index (κ3) is 2.70. The molecule has 0 bridgehead atoms. The zero-order valence-corrected chi connectivity index (χ0v) is 10.6. The number of phenolic OH excluding ortho intramolecular Hbond substituents is 1. The minimum absolute atomic E-state index is 0.122. The Hall–Kier alpha value is -1.71. The number of aliphatic carboxylic acids is 1. The zero-order chi connectivity index (χ0) is 13.2. The van der Waals surface area contributed by atoms with Crippen LogP contribution < -0.4 is 4.74 Å². The predicted octanol–water partition coefficient (Wildman–Crippen LogP) is 2.28. The third-order valence-electron chi connectivity index (χ3n) is 2.95. The van der Waals surface area contributed by atoms with E-state index >= 15 is 0 Å². The molecule has 94 valence electrons. The van der Waals surface area contributed by atoms with Crippen LogP contribution in [0.2, 0.25) is 0 Å². The highest BCUT2D eigenvalue weighted by molar-refractivity contribution is 5.70. The van der Waals surface area contributed by atoms with Gasteiger partial charge in [0, 0.05) is 0 Å². The summed E-state index contributed by atoms with van der Waals surface area (Å²) in [5.74, 6) is -0.731. The number of rotatable bonds is 4. The van der Waals surface area contributed by atoms with E-state index in [1.165, 1.54) is 7.11 Å². The largest absolute Gasteiger partial charge is 0.504 e. The van der Waals surface area contributed by atoms with Crippen LogP contribution in [0.5, 0.6) is 11.5 Å². The molecule has 0 aliphatic rings. The van der Waals surface area contributed by atoms with Crippen LogP contribution in [-0.4, -0.2) is 23.3 Å². The van der Waals surface area contributed by atoms with Crippen LogP contribution in [0, 0.1) is 19.8 Å². The monoisotopic (exact) mass is 238 g/mol. The summed E-state index contributed by atoms with van der Waals surface area (Å²) in [5.41, 5.74) is 2.38. The maximum atomic E-state index is 10.8. The molecule has 0 radical (unpaired) electrons. The second-order valence-electron chi connectivity index (χ2n) is 4.30. The van der Waals surface area contributed by atoms with E-state index in [4.69, 9.17) is 9.84 Å². The number of phenols is 1. The first-order chi connectivity index (χ1) is 7.88. The van der Waals surface area contributed by atoms with Gasteiger partial charge in [-0.3, -0.25) is 4.79 Å². The summed E-state index contributed by atoms with van der Waals surface area (Å²) in [5, 5.41) is 18.7. The number of hydrogen-bond acceptors (Lipinski definition) is 3. The number of hydrogen-bond donors (Lipinski definition) is 2. The molecule has 0 saturated heterocycles. The number of aryl methyl sites for hydroxylation is 1. The van der Waals surface area contributed by atoms with Crippen molar-refractivity contribution in [3.05, 3.63) is 22.8 Å². The lowest BCUT2D eigenvalue weighted by Crippen LogP contribution is -2.13. The first-order valence-electron chi connectivity index (χ1n) is 5.47. The van der Waals surface area contributed by atoms with Gasteiger partial charge < -0.3 is 14.9 Å². The number of ether oxygens (including phenoxy) is 1. The molecule has 4 nitrogen and oxygen atoms in total. The Labute approximate surface area is 101 Å². The first kappa shape index (κ1) is 13.4. The molecule has 0 saturated carbocycles. The summed E-state index contributed by atoms with van der Waals surface area (Å²) < 4.78 is 5.14. The number of carbonyl (C=O) groups is 1. The molecule has 0 aromatic heterocycles. The Bertz CT molecular complexity index is 438. The van der Waals surface area contributed by atoms with Gasteiger partial charge in [-0.1, -0.05) is 13.0 Å². The van der Waals surface area contributed by atoms with E-state index in [2.05, 4.69) is 0 Å². The van der Waals surface area contributed by atoms with Gasteiger partial charge in [-0.15, -0.1) is 0 Å². The summed E-state index contributed by atoms with van der Waals surface area (Å²) in [6.45, 7) is 5.25. The third-order valence-corrected chi connectivity index (χ3v) is 2.95. The summed E-state index contributed by atoms with van der Waals surface area (Å²) in [6, 6.07) is 1.81. The van der Waals surface area contributed by atoms with Crippen molar-refractivity contribution >= 4 is 5.97 Å². The van der Waals surface area contributed by atoms with Gasteiger partial charge in [0.25, 0.3) is 0 Å². The van der Waals surface area contributed by atoms with Gasteiger partial charge in [-0.2, -0.15) is 0 Å². The van der Waals surface area contributed by atoms with Crippen LogP contribution in [0.15, 0.2) is 6.07 Å². The topological polar surface area (TPSA) is 66.8 Å². The first-order valence-corrected chi connectivity index (χ1v) is 5.47. The Balaban J connectivity index is 3.17. The second-order valence-corrected chi connectivity index (χ2v) is 4.30. The summed E-state index contributed by atoms with van der Waals surface area (Å²) in [4.78, 5) is 10.8. The van der Waals surface area contributed by atoms with Gasteiger partial charge >= 0.3 is 5.97 Å². The molecule has 0 aliphatic carbocycles. The average molecular weight is 238 g/mol. The van der Waals surface area contributed by atoms with Gasteiger partial charge in [-0.25, -0.2) is 0 Å². The molecule has 1 aromatic carbocycles. The van der Waals surface area contributed by atoms with Gasteiger partial charge in [0.1, 0.15) is 0 Å². The predicted molar refractivity (Wildman–Crippen MR) is 64.6 cm³/mol. The number of methoxy groups -OCH3 is 1. The maximum absolute atomic E-state index is 10.8. The average Bonchev–Trinajstić information content (AvgIpc) is 2.26. The van der Waals surface area contributed by atoms with Crippen molar-refractivity contribution < 1.29 is 19.7 Å². The van der Waals surface area contributed by atoms with E-state index in [1.54, 1.807) is 13.8 Å². The second kappa shape index (κ2) is 5.08. The Morgan fingerprint density at radius 2 is 2.06 bits per heavy atom. The molecule has 1 aromatic rings. The van der Waals surface area contributed by atoms with E-state index in [-0.39, 0.29) is 5.75 Å². The van der Waals surface area contributed by atoms with Gasteiger partial charge in [-0.05, 0) is 37.0 Å². The Morgan fingerprint density at radius 3 is 2.53 bits per heavy atom. The van der Waals surface area contributed by atoms with Crippen LogP contribution in [0.1, 0.15) is 23.6 Å². The van der Waals surface area contributed by atoms with Gasteiger partial charge in [0.2, 0.25) is 0 Å². The van der Waals surface area contributed by atoms with Crippen LogP contribution in [0.3, 0.4) is 0 Å². The van der Waals surface area contributed by atoms with Crippen molar-refractivity contribution in [2.45, 2.75) is 27.2 Å². The van der Waals surface area contributed by atoms with Crippen molar-refractivity contribution in [1.82, 2.24) is 0 Å². The molecular formula is C13H18O4. The van der Waals surface area contributed by atoms with Crippen LogP contribution in [-0.2, 0) is 11.2 Å². The van der Waals surface area contributed by atoms with Crippen molar-refractivity contribution in [3.8, 4) is 11.5 Å². The molecule has 2 N–H and O–H groups in total. The molecular weight excluding hydrogens is 220 g/mol. The fraction of sp³-hybridized carbons (Fsp3) is 0.462. The molecule has 0 aliphatic heterocycles. The van der Waals surface area contributed by atoms with Crippen molar-refractivity contribution in [2.75, 3.05) is 7.11 Å². The van der Waals surface area contributed by atoms with E-state index in [0.717, 1.165) is 11.1 Å². The van der Waals surface area contributed by atoms with Crippen LogP contribution >= 0.6 is 0 Å². The fourth-order valence-electron chi connectivity index (χ4n) is 1.82. The summed E-state index contributed by atoms with van der Waals surface area (Å²) >= 11 is 0. The fourth-order valence-corrected chi connectivity index (χ4v) is 1.82. The van der Waals surface area contributed by atoms with Crippen molar-refractivity contribution in [3.63, 3.8) is 0 Å². The SMILES string of the molecule is COc1c(C)c(CC(C)C(=O)O)cc(C)c1O. The smallest absolute Gasteiger partial charge is 0.306 e. The number of benzene rings is 1. The van der Waals surface area contributed by atoms with E-state index in [9.17, 15) is 9.90 Å². The van der Waals surface area contributed by atoms with Crippen molar-refractivity contribution in [2.24, 2.45) is 5.92 Å². The number of carboxylic acids is 1. The van der Waals surface area contributed by atoms with Gasteiger partial charge in [0.05, 0.1) is 13.0 Å². The highest BCUT2D eigenvalue weighted by Gasteiger charge is 2.18. The minimum Gasteiger partial charge on any atom is -0.504 e. The molecule has 1 rings (SSSR count). The normalized spacial score (nSPS) is 12.2. The molecule has 1 atom stereocenters. The molecule has 0 spiro atoms. The molecule has 17 heavy (non-hydrogen) atoms. The molecule has 0 heterocycles. The highest BCUT2D eigenvalue weighted by atomic mass is 16.5. The molecule has 0 fully saturated rings. The lowest BCUT2D eigenvalue weighted by Gasteiger charge is -2.15. The van der Waals surface area contributed by atoms with E-state index in [0.29, 0.717) is 17.7 Å². The highest BCUT2D eigenvalue weighted by Crippen LogP contribution is 2.36. The van der Waals surface area contributed by atoms with Crippen LogP contribution in [0.4, 0.5) is 0 Å². The zero-order valence-electron chi connectivity index (χ0n) is 10.6. The standard InChI is InChI=1S/C13H18O4/c1-7-5-10(6-8(2)13(15)16)9(3)12(17-4)11(7)14/h5,8,14H,6H2,1-4H3,(H,15,16). The lowest BCUT2D eigenvalue weighted by atomic mass is 9.94. The quantitative estimate of drug-likeness (QED) is 0.844. The van der Waals surface area contributed by atoms with Crippen molar-refractivity contribution in [1.29, 1.82) is 0 Å². The number of carboxylic acid groups (broad SMARTS) is 1. The summed E-state index contributed by atoms with van der Waals surface area (Å²) in [7, 11) is 1.49. The summed E-state index contributed by atoms with van der Waals surface area (Å²) in [6.07, 6.45) is 0.429. The minimum atomic E-state index is -0.825. The van der Waals surface area contributed by atoms with E-state index in [1.807, 2.05) is 13.0 Å². The molecule has 0 amide bonds. The van der Waals surface area contributed by atoms with E-state index < -0.39 is 11.9 Å². The maximum Gasteiger partial charge on any atom is 0.306 e. The molecule has 1 unspecified atom stereocenters. The Kier molecular flexibility index (Phi) is 3.99. The molecule has 4 heteroatoms. The lowest BCUT2D eigenvalue weighted by molar-refractivity contribution is -0.141.